The van der Waals surface area contributed by atoms with Crippen molar-refractivity contribution in [2.75, 3.05) is 32.1 Å². The van der Waals surface area contributed by atoms with Crippen molar-refractivity contribution in [2.24, 2.45) is 23.3 Å². The second-order valence-electron chi connectivity index (χ2n) is 10.0. The molecule has 0 spiro atoms. The van der Waals surface area contributed by atoms with Crippen molar-refractivity contribution in [1.82, 2.24) is 10.6 Å². The summed E-state index contributed by atoms with van der Waals surface area (Å²) in [6.07, 6.45) is 2.41. The lowest BCUT2D eigenvalue weighted by Crippen LogP contribution is -2.44. The Morgan fingerprint density at radius 1 is 1.05 bits per heavy atom. The first kappa shape index (κ1) is 34.5. The van der Waals surface area contributed by atoms with E-state index in [0.29, 0.717) is 49.2 Å². The summed E-state index contributed by atoms with van der Waals surface area (Å²) in [4.78, 5) is 61.3. The molecule has 1 aromatic rings. The number of primary amides is 1. The standard InChI is InChI=1S/C28H45N5O7/c1-18(2)26(32-19(3)34)24(36)14-20(8-7-13-31-28(30)38)27(37)33-22-11-10-21(16-39-4)25(15-22)40-17-23(35)9-5-6-12-29/h10-11,15,18,20,26H,5-9,12-14,16-17,29H2,1-4H3,(H,32,34)(H,33,37)(H3,30,31,38)/t20-,26+/m1/s1. The fourth-order valence-electron chi connectivity index (χ4n) is 4.08. The van der Waals surface area contributed by atoms with Crippen LogP contribution in [0.15, 0.2) is 18.2 Å². The van der Waals surface area contributed by atoms with E-state index >= 15 is 0 Å². The van der Waals surface area contributed by atoms with E-state index < -0.39 is 23.9 Å². The number of carbonyl (C=O) groups is 5. The van der Waals surface area contributed by atoms with E-state index in [1.165, 1.54) is 14.0 Å². The Labute approximate surface area is 236 Å². The summed E-state index contributed by atoms with van der Waals surface area (Å²) in [5.41, 5.74) is 11.7. The second-order valence-corrected chi connectivity index (χ2v) is 10.0. The molecule has 12 nitrogen and oxygen atoms in total. The summed E-state index contributed by atoms with van der Waals surface area (Å²) >= 11 is 0. The van der Waals surface area contributed by atoms with Crippen LogP contribution in [0.2, 0.25) is 0 Å². The molecule has 0 aliphatic rings. The molecule has 7 N–H and O–H groups in total. The van der Waals surface area contributed by atoms with Gasteiger partial charge in [-0.3, -0.25) is 19.2 Å². The van der Waals surface area contributed by atoms with Crippen LogP contribution in [0.3, 0.4) is 0 Å². The molecule has 0 aliphatic heterocycles. The third-order valence-electron chi connectivity index (χ3n) is 6.15. The maximum atomic E-state index is 13.3. The van der Waals surface area contributed by atoms with Gasteiger partial charge in [-0.25, -0.2) is 4.79 Å². The number of benzene rings is 1. The zero-order valence-corrected chi connectivity index (χ0v) is 24.0. The molecule has 2 atom stereocenters. The first-order chi connectivity index (χ1) is 19.0. The average Bonchev–Trinajstić information content (AvgIpc) is 2.88. The maximum Gasteiger partial charge on any atom is 0.312 e. The highest BCUT2D eigenvalue weighted by molar-refractivity contribution is 5.97. The van der Waals surface area contributed by atoms with Crippen molar-refractivity contribution in [2.45, 2.75) is 71.9 Å². The number of ketones is 2. The number of Topliss-reactive ketones (excluding diaryl/α,β-unsaturated/α-hetero) is 2. The minimum absolute atomic E-state index is 0.0618. The van der Waals surface area contributed by atoms with E-state index in [1.807, 2.05) is 13.8 Å². The highest BCUT2D eigenvalue weighted by Crippen LogP contribution is 2.26. The number of nitrogens with two attached hydrogens (primary N) is 2. The van der Waals surface area contributed by atoms with E-state index in [-0.39, 0.29) is 49.6 Å². The summed E-state index contributed by atoms with van der Waals surface area (Å²) in [6, 6.07) is 3.62. The molecule has 1 aromatic carbocycles. The van der Waals surface area contributed by atoms with Gasteiger partial charge in [0, 0.05) is 56.7 Å². The lowest BCUT2D eigenvalue weighted by molar-refractivity contribution is -0.130. The topological polar surface area (TPSA) is 192 Å². The molecule has 0 heterocycles. The Bertz CT molecular complexity index is 999. The largest absolute Gasteiger partial charge is 0.485 e. The SMILES string of the molecule is COCc1ccc(NC(=O)[C@H](CCCNC(N)=O)CC(=O)[C@@H](NC(C)=O)C(C)C)cc1OCC(=O)CCCCN. The number of unbranched alkanes of at least 4 members (excludes halogenated alkanes) is 1. The molecule has 0 radical (unpaired) electrons. The first-order valence-corrected chi connectivity index (χ1v) is 13.6. The van der Waals surface area contributed by atoms with Crippen LogP contribution in [0, 0.1) is 11.8 Å². The van der Waals surface area contributed by atoms with E-state index in [0.717, 1.165) is 6.42 Å². The van der Waals surface area contributed by atoms with Gasteiger partial charge in [0.2, 0.25) is 11.8 Å². The van der Waals surface area contributed by atoms with E-state index in [2.05, 4.69) is 16.0 Å². The minimum atomic E-state index is -0.732. The first-order valence-electron chi connectivity index (χ1n) is 13.6. The number of ether oxygens (including phenoxy) is 2. The average molecular weight is 564 g/mol. The van der Waals surface area contributed by atoms with E-state index in [1.54, 1.807) is 18.2 Å². The van der Waals surface area contributed by atoms with Gasteiger partial charge in [0.15, 0.2) is 11.6 Å². The van der Waals surface area contributed by atoms with Gasteiger partial charge in [0.05, 0.1) is 12.6 Å². The van der Waals surface area contributed by atoms with Gasteiger partial charge in [-0.2, -0.15) is 0 Å². The molecule has 12 heteroatoms. The zero-order chi connectivity index (χ0) is 30.1. The number of hydrogen-bond acceptors (Lipinski definition) is 8. The fourth-order valence-corrected chi connectivity index (χ4v) is 4.08. The van der Waals surface area contributed by atoms with Crippen LogP contribution in [0.1, 0.15) is 64.9 Å². The van der Waals surface area contributed by atoms with Crippen molar-refractivity contribution in [3.05, 3.63) is 23.8 Å². The molecule has 0 saturated heterocycles. The Balaban J connectivity index is 3.05. The number of hydrogen-bond donors (Lipinski definition) is 5. The summed E-state index contributed by atoms with van der Waals surface area (Å²) in [5.74, 6) is -1.56. The number of methoxy groups -OCH3 is 1. The van der Waals surface area contributed by atoms with Gasteiger partial charge >= 0.3 is 6.03 Å². The van der Waals surface area contributed by atoms with Crippen LogP contribution in [0.5, 0.6) is 5.75 Å². The van der Waals surface area contributed by atoms with E-state index in [4.69, 9.17) is 20.9 Å². The molecule has 40 heavy (non-hydrogen) atoms. The maximum absolute atomic E-state index is 13.3. The molecule has 0 aromatic heterocycles. The quantitative estimate of drug-likeness (QED) is 0.149. The summed E-state index contributed by atoms with van der Waals surface area (Å²) in [6.45, 7) is 5.86. The smallest absolute Gasteiger partial charge is 0.312 e. The molecule has 0 unspecified atom stereocenters. The third kappa shape index (κ3) is 13.5. The Morgan fingerprint density at radius 2 is 1.77 bits per heavy atom. The predicted octanol–water partition coefficient (Wildman–Crippen LogP) is 2.03. The van der Waals surface area contributed by atoms with Gasteiger partial charge in [0.25, 0.3) is 0 Å². The Morgan fingerprint density at radius 3 is 2.38 bits per heavy atom. The van der Waals surface area contributed by atoms with Crippen molar-refractivity contribution >= 4 is 35.1 Å². The Hall–Kier alpha value is -3.51. The summed E-state index contributed by atoms with van der Waals surface area (Å²) < 4.78 is 11.0. The summed E-state index contributed by atoms with van der Waals surface area (Å²) in [7, 11) is 1.54. The molecule has 0 aliphatic carbocycles. The van der Waals surface area contributed by atoms with Crippen molar-refractivity contribution in [3.63, 3.8) is 0 Å². The number of anilines is 1. The summed E-state index contributed by atoms with van der Waals surface area (Å²) in [5, 5.41) is 7.98. The van der Waals surface area contributed by atoms with Gasteiger partial charge in [0.1, 0.15) is 12.4 Å². The molecule has 224 valence electrons. The third-order valence-corrected chi connectivity index (χ3v) is 6.15. The predicted molar refractivity (Wildman–Crippen MR) is 152 cm³/mol. The zero-order valence-electron chi connectivity index (χ0n) is 24.0. The molecule has 1 rings (SSSR count). The van der Waals surface area contributed by atoms with Crippen molar-refractivity contribution < 1.29 is 33.4 Å². The minimum Gasteiger partial charge on any atom is -0.485 e. The van der Waals surface area contributed by atoms with Crippen LogP contribution in [-0.4, -0.2) is 62.3 Å². The number of nitrogens with one attached hydrogen (secondary N) is 3. The van der Waals surface area contributed by atoms with Crippen LogP contribution in [-0.2, 0) is 30.5 Å². The lowest BCUT2D eigenvalue weighted by Gasteiger charge is -2.23. The highest BCUT2D eigenvalue weighted by Gasteiger charge is 2.29. The van der Waals surface area contributed by atoms with Gasteiger partial charge in [-0.05, 0) is 44.2 Å². The normalized spacial score (nSPS) is 12.3. The second kappa shape index (κ2) is 18.7. The Kier molecular flexibility index (Phi) is 16.2. The molecular formula is C28H45N5O7. The number of urea groups is 1. The van der Waals surface area contributed by atoms with Crippen molar-refractivity contribution in [1.29, 1.82) is 0 Å². The van der Waals surface area contributed by atoms with Gasteiger partial charge in [-0.1, -0.05) is 19.9 Å². The number of amides is 4. The van der Waals surface area contributed by atoms with Gasteiger partial charge in [-0.15, -0.1) is 0 Å². The molecule has 0 fully saturated rings. The van der Waals surface area contributed by atoms with Crippen LogP contribution < -0.4 is 32.2 Å². The van der Waals surface area contributed by atoms with E-state index in [9.17, 15) is 24.0 Å². The highest BCUT2D eigenvalue weighted by atomic mass is 16.5. The monoisotopic (exact) mass is 563 g/mol. The van der Waals surface area contributed by atoms with Gasteiger partial charge < -0.3 is 36.9 Å². The fraction of sp³-hybridized carbons (Fsp3) is 0.607. The molecule has 4 amide bonds. The van der Waals surface area contributed by atoms with Crippen molar-refractivity contribution in [3.8, 4) is 5.75 Å². The number of carbonyl (C=O) groups excluding carboxylic acids is 5. The molecular weight excluding hydrogens is 518 g/mol. The number of rotatable bonds is 20. The van der Waals surface area contributed by atoms with Crippen LogP contribution in [0.25, 0.3) is 0 Å². The lowest BCUT2D eigenvalue weighted by atomic mass is 9.89. The molecule has 0 bridgehead atoms. The molecule has 0 saturated carbocycles. The van der Waals surface area contributed by atoms with Crippen LogP contribution in [0.4, 0.5) is 10.5 Å². The van der Waals surface area contributed by atoms with Crippen LogP contribution >= 0.6 is 0 Å².